The van der Waals surface area contributed by atoms with E-state index in [1.165, 1.54) is 43.6 Å². The van der Waals surface area contributed by atoms with E-state index in [0.717, 1.165) is 0 Å². The molecule has 4 nitrogen and oxygen atoms in total. The summed E-state index contributed by atoms with van der Waals surface area (Å²) in [6.07, 6.45) is 1.43. The highest BCUT2D eigenvalue weighted by atomic mass is 35.5. The second-order valence-electron chi connectivity index (χ2n) is 3.67. The molecule has 6 heteroatoms. The van der Waals surface area contributed by atoms with Crippen LogP contribution in [0.1, 0.15) is 10.4 Å². The van der Waals surface area contributed by atoms with Gasteiger partial charge >= 0.3 is 0 Å². The molecule has 0 aliphatic rings. The van der Waals surface area contributed by atoms with Gasteiger partial charge in [-0.1, -0.05) is 11.6 Å². The number of rotatable bonds is 3. The van der Waals surface area contributed by atoms with Crippen LogP contribution in [0.2, 0.25) is 5.15 Å². The van der Waals surface area contributed by atoms with Crippen molar-refractivity contribution in [1.29, 1.82) is 0 Å². The highest BCUT2D eigenvalue weighted by molar-refractivity contribution is 6.29. The van der Waals surface area contributed by atoms with E-state index in [1.807, 2.05) is 0 Å². The van der Waals surface area contributed by atoms with Crippen molar-refractivity contribution in [2.75, 3.05) is 12.4 Å². The average Bonchev–Trinajstić information content (AvgIpc) is 2.40. The Labute approximate surface area is 114 Å². The van der Waals surface area contributed by atoms with E-state index in [1.54, 1.807) is 0 Å². The number of hydrogen-bond acceptors (Lipinski definition) is 3. The molecular formula is C13H10ClFN2O2. The Hall–Kier alpha value is -2.14. The van der Waals surface area contributed by atoms with Gasteiger partial charge in [0.2, 0.25) is 0 Å². The maximum absolute atomic E-state index is 13.0. The Morgan fingerprint density at radius 3 is 2.84 bits per heavy atom. The third-order valence-corrected chi connectivity index (χ3v) is 2.61. The summed E-state index contributed by atoms with van der Waals surface area (Å²) in [5.74, 6) is -0.579. The molecule has 0 aliphatic carbocycles. The summed E-state index contributed by atoms with van der Waals surface area (Å²) in [5.41, 5.74) is 0.730. The molecule has 0 radical (unpaired) electrons. The molecule has 98 valence electrons. The lowest BCUT2D eigenvalue weighted by Crippen LogP contribution is -2.12. The van der Waals surface area contributed by atoms with Gasteiger partial charge < -0.3 is 10.1 Å². The number of ether oxygens (including phenoxy) is 1. The lowest BCUT2D eigenvalue weighted by atomic mass is 10.2. The molecule has 0 atom stereocenters. The first-order valence-corrected chi connectivity index (χ1v) is 5.74. The number of anilines is 1. The highest BCUT2D eigenvalue weighted by Crippen LogP contribution is 2.25. The summed E-state index contributed by atoms with van der Waals surface area (Å²) in [6.45, 7) is 0. The molecule has 1 aromatic heterocycles. The molecule has 0 spiro atoms. The van der Waals surface area contributed by atoms with Gasteiger partial charge in [0.05, 0.1) is 12.8 Å². The molecule has 1 amide bonds. The van der Waals surface area contributed by atoms with E-state index in [2.05, 4.69) is 10.3 Å². The van der Waals surface area contributed by atoms with Gasteiger partial charge in [-0.15, -0.1) is 0 Å². The summed E-state index contributed by atoms with van der Waals surface area (Å²) in [7, 11) is 1.40. The summed E-state index contributed by atoms with van der Waals surface area (Å²) >= 11 is 5.71. The van der Waals surface area contributed by atoms with Gasteiger partial charge in [-0.05, 0) is 24.3 Å². The van der Waals surface area contributed by atoms with Crippen LogP contribution in [-0.2, 0) is 0 Å². The summed E-state index contributed by atoms with van der Waals surface area (Å²) < 4.78 is 18.0. The first-order chi connectivity index (χ1) is 9.10. The SMILES string of the molecule is COc1cc(F)ccc1NC(=O)c1ccnc(Cl)c1. The van der Waals surface area contributed by atoms with E-state index < -0.39 is 5.82 Å². The number of halogens is 2. The molecule has 2 aromatic rings. The van der Waals surface area contributed by atoms with Crippen LogP contribution in [0.5, 0.6) is 5.75 Å². The molecule has 1 heterocycles. The third-order valence-electron chi connectivity index (χ3n) is 2.40. The van der Waals surface area contributed by atoms with Gasteiger partial charge in [0.1, 0.15) is 16.7 Å². The minimum atomic E-state index is -0.443. The minimum Gasteiger partial charge on any atom is -0.494 e. The molecular weight excluding hydrogens is 271 g/mol. The zero-order valence-electron chi connectivity index (χ0n) is 9.98. The Balaban J connectivity index is 2.24. The van der Waals surface area contributed by atoms with E-state index in [9.17, 15) is 9.18 Å². The van der Waals surface area contributed by atoms with Gasteiger partial charge in [0.25, 0.3) is 5.91 Å². The molecule has 0 bridgehead atoms. The van der Waals surface area contributed by atoms with E-state index in [4.69, 9.17) is 16.3 Å². The summed E-state index contributed by atoms with van der Waals surface area (Å²) in [6, 6.07) is 6.81. The van der Waals surface area contributed by atoms with Crippen LogP contribution >= 0.6 is 11.6 Å². The van der Waals surface area contributed by atoms with Crippen LogP contribution in [-0.4, -0.2) is 18.0 Å². The lowest BCUT2D eigenvalue weighted by molar-refractivity contribution is 0.102. The standard InChI is InChI=1S/C13H10ClFN2O2/c1-19-11-7-9(15)2-3-10(11)17-13(18)8-4-5-16-12(14)6-8/h2-7H,1H3,(H,17,18). The van der Waals surface area contributed by atoms with Gasteiger partial charge in [0.15, 0.2) is 0 Å². The van der Waals surface area contributed by atoms with Gasteiger partial charge in [-0.3, -0.25) is 4.79 Å². The van der Waals surface area contributed by atoms with Crippen LogP contribution in [0.15, 0.2) is 36.5 Å². The molecule has 0 aliphatic heterocycles. The largest absolute Gasteiger partial charge is 0.494 e. The molecule has 0 saturated carbocycles. The van der Waals surface area contributed by atoms with Crippen molar-refractivity contribution in [3.8, 4) is 5.75 Å². The van der Waals surface area contributed by atoms with E-state index in [0.29, 0.717) is 11.3 Å². The average molecular weight is 281 g/mol. The fourth-order valence-electron chi connectivity index (χ4n) is 1.51. The number of carbonyl (C=O) groups is 1. The fraction of sp³-hybridized carbons (Fsp3) is 0.0769. The second-order valence-corrected chi connectivity index (χ2v) is 4.05. The molecule has 1 aromatic carbocycles. The Kier molecular flexibility index (Phi) is 3.97. The van der Waals surface area contributed by atoms with Crippen LogP contribution in [0.3, 0.4) is 0 Å². The Bertz CT molecular complexity index is 619. The van der Waals surface area contributed by atoms with Crippen molar-refractivity contribution in [1.82, 2.24) is 4.98 Å². The van der Waals surface area contributed by atoms with Crippen LogP contribution in [0.4, 0.5) is 10.1 Å². The second kappa shape index (κ2) is 5.67. The maximum atomic E-state index is 13.0. The van der Waals surface area contributed by atoms with Crippen LogP contribution in [0, 0.1) is 5.82 Å². The van der Waals surface area contributed by atoms with E-state index >= 15 is 0 Å². The Morgan fingerprint density at radius 2 is 2.16 bits per heavy atom. The van der Waals surface area contributed by atoms with Gasteiger partial charge in [-0.2, -0.15) is 0 Å². The topological polar surface area (TPSA) is 51.2 Å². The molecule has 0 fully saturated rings. The number of hydrogen-bond donors (Lipinski definition) is 1. The van der Waals surface area contributed by atoms with Crippen molar-refractivity contribution in [2.24, 2.45) is 0 Å². The normalized spacial score (nSPS) is 10.1. The number of benzene rings is 1. The summed E-state index contributed by atoms with van der Waals surface area (Å²) in [4.78, 5) is 15.8. The van der Waals surface area contributed by atoms with Crippen molar-refractivity contribution < 1.29 is 13.9 Å². The minimum absolute atomic E-state index is 0.221. The highest BCUT2D eigenvalue weighted by Gasteiger charge is 2.11. The Morgan fingerprint density at radius 1 is 1.37 bits per heavy atom. The van der Waals surface area contributed by atoms with Crippen molar-refractivity contribution >= 4 is 23.2 Å². The number of carbonyl (C=O) groups excluding carboxylic acids is 1. The number of amides is 1. The van der Waals surface area contributed by atoms with Gasteiger partial charge in [-0.25, -0.2) is 9.37 Å². The third kappa shape index (κ3) is 3.20. The quantitative estimate of drug-likeness (QED) is 0.879. The summed E-state index contributed by atoms with van der Waals surface area (Å²) in [5, 5.41) is 2.84. The molecule has 1 N–H and O–H groups in total. The van der Waals surface area contributed by atoms with Gasteiger partial charge in [0, 0.05) is 17.8 Å². The molecule has 0 unspecified atom stereocenters. The van der Waals surface area contributed by atoms with Crippen molar-refractivity contribution in [3.63, 3.8) is 0 Å². The fourth-order valence-corrected chi connectivity index (χ4v) is 1.68. The molecule has 2 rings (SSSR count). The zero-order valence-corrected chi connectivity index (χ0v) is 10.7. The first-order valence-electron chi connectivity index (χ1n) is 5.36. The lowest BCUT2D eigenvalue weighted by Gasteiger charge is -2.10. The predicted molar refractivity (Wildman–Crippen MR) is 70.2 cm³/mol. The smallest absolute Gasteiger partial charge is 0.255 e. The number of methoxy groups -OCH3 is 1. The maximum Gasteiger partial charge on any atom is 0.255 e. The number of nitrogens with zero attached hydrogens (tertiary/aromatic N) is 1. The monoisotopic (exact) mass is 280 g/mol. The molecule has 0 saturated heterocycles. The van der Waals surface area contributed by atoms with Crippen LogP contribution < -0.4 is 10.1 Å². The zero-order chi connectivity index (χ0) is 13.8. The molecule has 19 heavy (non-hydrogen) atoms. The number of pyridine rings is 1. The first kappa shape index (κ1) is 13.3. The predicted octanol–water partition coefficient (Wildman–Crippen LogP) is 3.14. The number of aromatic nitrogens is 1. The van der Waals surface area contributed by atoms with E-state index in [-0.39, 0.29) is 16.8 Å². The van der Waals surface area contributed by atoms with Crippen molar-refractivity contribution in [3.05, 3.63) is 53.1 Å². The van der Waals surface area contributed by atoms with Crippen molar-refractivity contribution in [2.45, 2.75) is 0 Å². The van der Waals surface area contributed by atoms with Crippen LogP contribution in [0.25, 0.3) is 0 Å². The number of nitrogens with one attached hydrogen (secondary N) is 1.